The molecule has 1 atom stereocenters. The maximum Gasteiger partial charge on any atom is 0.254 e. The Bertz CT molecular complexity index is 603. The van der Waals surface area contributed by atoms with E-state index >= 15 is 0 Å². The Balaban J connectivity index is 1.66. The zero-order valence-corrected chi connectivity index (χ0v) is 13.9. The molecule has 7 heteroatoms. The highest BCUT2D eigenvalue weighted by Gasteiger charge is 2.31. The minimum atomic E-state index is -0.245. The van der Waals surface area contributed by atoms with Crippen LogP contribution in [0, 0.1) is 0 Å². The second kappa shape index (κ2) is 7.61. The van der Waals surface area contributed by atoms with Gasteiger partial charge in [-0.05, 0) is 25.3 Å². The molecule has 3 rings (SSSR count). The molecule has 0 spiro atoms. The summed E-state index contributed by atoms with van der Waals surface area (Å²) >= 11 is 0. The third-order valence-corrected chi connectivity index (χ3v) is 4.57. The van der Waals surface area contributed by atoms with Gasteiger partial charge >= 0.3 is 0 Å². The van der Waals surface area contributed by atoms with E-state index in [1.165, 1.54) is 13.5 Å². The summed E-state index contributed by atoms with van der Waals surface area (Å²) < 4.78 is 10.6. The number of morpholine rings is 1. The standard InChI is InChI=1S/C17H23N3O4/c1-23-16-9-12(5-6-18-16)17(22)20-7-8-24-11-14(20)10-15(21)19-13-3-2-4-13/h5-6,9,13-14H,2-4,7-8,10-11H2,1H3,(H,19,21)/t14-/m1/s1. The van der Waals surface area contributed by atoms with Crippen molar-refractivity contribution in [2.24, 2.45) is 0 Å². The van der Waals surface area contributed by atoms with Gasteiger partial charge in [0.15, 0.2) is 0 Å². The molecule has 1 aliphatic heterocycles. The number of nitrogens with one attached hydrogen (secondary N) is 1. The van der Waals surface area contributed by atoms with Crippen LogP contribution >= 0.6 is 0 Å². The largest absolute Gasteiger partial charge is 0.481 e. The third-order valence-electron chi connectivity index (χ3n) is 4.57. The minimum Gasteiger partial charge on any atom is -0.481 e. The predicted molar refractivity (Wildman–Crippen MR) is 86.8 cm³/mol. The Morgan fingerprint density at radius 1 is 1.46 bits per heavy atom. The Morgan fingerprint density at radius 3 is 3.00 bits per heavy atom. The molecule has 24 heavy (non-hydrogen) atoms. The number of ether oxygens (including phenoxy) is 2. The fourth-order valence-electron chi connectivity index (χ4n) is 2.96. The van der Waals surface area contributed by atoms with Crippen LogP contribution in [0.15, 0.2) is 18.3 Å². The van der Waals surface area contributed by atoms with Gasteiger partial charge < -0.3 is 19.7 Å². The molecule has 1 aliphatic carbocycles. The fourth-order valence-corrected chi connectivity index (χ4v) is 2.96. The number of methoxy groups -OCH3 is 1. The van der Waals surface area contributed by atoms with Crippen molar-refractivity contribution in [1.29, 1.82) is 0 Å². The first-order valence-electron chi connectivity index (χ1n) is 8.35. The van der Waals surface area contributed by atoms with E-state index in [1.807, 2.05) is 0 Å². The summed E-state index contributed by atoms with van der Waals surface area (Å²) in [5, 5.41) is 3.02. The Hall–Kier alpha value is -2.15. The number of aromatic nitrogens is 1. The summed E-state index contributed by atoms with van der Waals surface area (Å²) in [5.41, 5.74) is 0.508. The van der Waals surface area contributed by atoms with Crippen LogP contribution in [0.1, 0.15) is 36.0 Å². The van der Waals surface area contributed by atoms with E-state index in [0.717, 1.165) is 12.8 Å². The van der Waals surface area contributed by atoms with E-state index in [4.69, 9.17) is 9.47 Å². The number of nitrogens with zero attached hydrogens (tertiary/aromatic N) is 2. The molecular weight excluding hydrogens is 310 g/mol. The van der Waals surface area contributed by atoms with Crippen LogP contribution in [0.4, 0.5) is 0 Å². The van der Waals surface area contributed by atoms with Crippen LogP contribution in [-0.4, -0.2) is 60.7 Å². The molecule has 1 saturated heterocycles. The van der Waals surface area contributed by atoms with Gasteiger partial charge in [0.2, 0.25) is 11.8 Å². The number of pyridine rings is 1. The molecule has 1 saturated carbocycles. The fraction of sp³-hybridized carbons (Fsp3) is 0.588. The second-order valence-corrected chi connectivity index (χ2v) is 6.21. The number of hydrogen-bond acceptors (Lipinski definition) is 5. The summed E-state index contributed by atoms with van der Waals surface area (Å²) in [6.45, 7) is 1.34. The van der Waals surface area contributed by atoms with Crippen LogP contribution in [0.3, 0.4) is 0 Å². The Labute approximate surface area is 141 Å². The quantitative estimate of drug-likeness (QED) is 0.869. The van der Waals surface area contributed by atoms with Crippen LogP contribution in [0.5, 0.6) is 5.88 Å². The highest BCUT2D eigenvalue weighted by Crippen LogP contribution is 2.20. The predicted octanol–water partition coefficient (Wildman–Crippen LogP) is 0.990. The van der Waals surface area contributed by atoms with E-state index in [9.17, 15) is 9.59 Å². The van der Waals surface area contributed by atoms with Gasteiger partial charge in [-0.1, -0.05) is 0 Å². The van der Waals surface area contributed by atoms with Crippen molar-refractivity contribution in [2.45, 2.75) is 37.8 Å². The van der Waals surface area contributed by atoms with Gasteiger partial charge in [-0.15, -0.1) is 0 Å². The summed E-state index contributed by atoms with van der Waals surface area (Å²) in [6.07, 6.45) is 5.08. The first-order chi connectivity index (χ1) is 11.7. The van der Waals surface area contributed by atoms with Crippen LogP contribution in [0.2, 0.25) is 0 Å². The maximum absolute atomic E-state index is 12.8. The van der Waals surface area contributed by atoms with Crippen molar-refractivity contribution in [3.05, 3.63) is 23.9 Å². The molecule has 1 aromatic heterocycles. The minimum absolute atomic E-state index is 0.0136. The van der Waals surface area contributed by atoms with Gasteiger partial charge in [-0.3, -0.25) is 9.59 Å². The lowest BCUT2D eigenvalue weighted by Gasteiger charge is -2.36. The number of carbonyl (C=O) groups excluding carboxylic acids is 2. The molecule has 0 unspecified atom stereocenters. The molecular formula is C17H23N3O4. The van der Waals surface area contributed by atoms with E-state index in [1.54, 1.807) is 23.2 Å². The van der Waals surface area contributed by atoms with Gasteiger partial charge in [0.1, 0.15) is 0 Å². The SMILES string of the molecule is COc1cc(C(=O)N2CCOC[C@H]2CC(=O)NC2CCC2)ccn1. The zero-order chi connectivity index (χ0) is 16.9. The van der Waals surface area contributed by atoms with Crippen molar-refractivity contribution < 1.29 is 19.1 Å². The molecule has 1 aromatic rings. The molecule has 2 amide bonds. The average Bonchev–Trinajstić information content (AvgIpc) is 2.58. The molecule has 7 nitrogen and oxygen atoms in total. The highest BCUT2D eigenvalue weighted by atomic mass is 16.5. The van der Waals surface area contributed by atoms with Crippen LogP contribution in [0.25, 0.3) is 0 Å². The van der Waals surface area contributed by atoms with E-state index in [2.05, 4.69) is 10.3 Å². The monoisotopic (exact) mass is 333 g/mol. The van der Waals surface area contributed by atoms with Gasteiger partial charge in [-0.25, -0.2) is 4.98 Å². The molecule has 130 valence electrons. The van der Waals surface area contributed by atoms with E-state index in [0.29, 0.717) is 37.2 Å². The average molecular weight is 333 g/mol. The van der Waals surface area contributed by atoms with E-state index < -0.39 is 0 Å². The van der Waals surface area contributed by atoms with Gasteiger partial charge in [0.05, 0.1) is 26.4 Å². The molecule has 2 aliphatic rings. The van der Waals surface area contributed by atoms with Crippen molar-refractivity contribution >= 4 is 11.8 Å². The number of amides is 2. The van der Waals surface area contributed by atoms with E-state index in [-0.39, 0.29) is 24.3 Å². The number of carbonyl (C=O) groups is 2. The molecule has 2 fully saturated rings. The lowest BCUT2D eigenvalue weighted by atomic mass is 9.93. The lowest BCUT2D eigenvalue weighted by Crippen LogP contribution is -2.51. The normalized spacial score (nSPS) is 21.0. The highest BCUT2D eigenvalue weighted by molar-refractivity contribution is 5.95. The molecule has 0 aromatic carbocycles. The first-order valence-corrected chi connectivity index (χ1v) is 8.35. The summed E-state index contributed by atoms with van der Waals surface area (Å²) in [5.74, 6) is 0.258. The second-order valence-electron chi connectivity index (χ2n) is 6.21. The summed E-state index contributed by atoms with van der Waals surface area (Å²) in [7, 11) is 1.51. The molecule has 0 bridgehead atoms. The third kappa shape index (κ3) is 3.84. The number of hydrogen-bond donors (Lipinski definition) is 1. The molecule has 2 heterocycles. The van der Waals surface area contributed by atoms with Crippen LogP contribution in [-0.2, 0) is 9.53 Å². The topological polar surface area (TPSA) is 80.8 Å². The van der Waals surface area contributed by atoms with Gasteiger partial charge in [-0.2, -0.15) is 0 Å². The smallest absolute Gasteiger partial charge is 0.254 e. The lowest BCUT2D eigenvalue weighted by molar-refractivity contribution is -0.124. The van der Waals surface area contributed by atoms with Crippen molar-refractivity contribution in [3.8, 4) is 5.88 Å². The van der Waals surface area contributed by atoms with Crippen molar-refractivity contribution in [1.82, 2.24) is 15.2 Å². The molecule has 0 radical (unpaired) electrons. The summed E-state index contributed by atoms with van der Waals surface area (Å²) in [4.78, 5) is 30.7. The summed E-state index contributed by atoms with van der Waals surface area (Å²) in [6, 6.07) is 3.33. The van der Waals surface area contributed by atoms with Gasteiger partial charge in [0, 0.05) is 36.8 Å². The first kappa shape index (κ1) is 16.7. The van der Waals surface area contributed by atoms with Crippen LogP contribution < -0.4 is 10.1 Å². The number of rotatable bonds is 5. The molecule has 1 N–H and O–H groups in total. The zero-order valence-electron chi connectivity index (χ0n) is 13.9. The Morgan fingerprint density at radius 2 is 2.29 bits per heavy atom. The Kier molecular flexibility index (Phi) is 5.30. The van der Waals surface area contributed by atoms with Crippen molar-refractivity contribution in [3.63, 3.8) is 0 Å². The maximum atomic E-state index is 12.8. The van der Waals surface area contributed by atoms with Crippen molar-refractivity contribution in [2.75, 3.05) is 26.9 Å². The van der Waals surface area contributed by atoms with Gasteiger partial charge in [0.25, 0.3) is 5.91 Å².